The van der Waals surface area contributed by atoms with E-state index in [4.69, 9.17) is 11.6 Å². The Hall–Kier alpha value is -2.19. The van der Waals surface area contributed by atoms with Gasteiger partial charge in [-0.1, -0.05) is 22.9 Å². The zero-order valence-electron chi connectivity index (χ0n) is 14.8. The van der Waals surface area contributed by atoms with Crippen molar-refractivity contribution in [1.82, 2.24) is 9.55 Å². The summed E-state index contributed by atoms with van der Waals surface area (Å²) in [6.45, 7) is 4.51. The van der Waals surface area contributed by atoms with E-state index in [2.05, 4.69) is 10.3 Å². The predicted octanol–water partition coefficient (Wildman–Crippen LogP) is 5.87. The lowest BCUT2D eigenvalue weighted by molar-refractivity contribution is -0.137. The van der Waals surface area contributed by atoms with E-state index < -0.39 is 11.7 Å². The van der Waals surface area contributed by atoms with Crippen molar-refractivity contribution in [2.24, 2.45) is 7.05 Å². The number of benzene rings is 1. The third kappa shape index (κ3) is 2.96. The average Bonchev–Trinajstić information content (AvgIpc) is 3.20. The smallest absolute Gasteiger partial charge is 0.341 e. The van der Waals surface area contributed by atoms with Gasteiger partial charge in [0.2, 0.25) is 0 Å². The van der Waals surface area contributed by atoms with E-state index in [1.807, 2.05) is 42.6 Å². The summed E-state index contributed by atoms with van der Waals surface area (Å²) in [7, 11) is 1.97. The summed E-state index contributed by atoms with van der Waals surface area (Å²) in [5.41, 5.74) is 2.19. The SMILES string of the molecule is CCN1/C(=C\c2nc3c(C)cn(C)c3s2)Nc2cc(C(F)(F)F)c(Cl)cc21. The second-order valence-electron chi connectivity index (χ2n) is 6.37. The molecule has 0 aliphatic carbocycles. The molecule has 0 fully saturated rings. The fourth-order valence-electron chi connectivity index (χ4n) is 3.31. The summed E-state index contributed by atoms with van der Waals surface area (Å²) < 4.78 is 41.5. The van der Waals surface area contributed by atoms with Crippen molar-refractivity contribution in [2.75, 3.05) is 16.8 Å². The molecule has 3 heterocycles. The highest BCUT2D eigenvalue weighted by Gasteiger charge is 2.36. The molecule has 0 radical (unpaired) electrons. The number of rotatable bonds is 2. The van der Waals surface area contributed by atoms with Crippen molar-refractivity contribution in [1.29, 1.82) is 0 Å². The molecule has 0 spiro atoms. The van der Waals surface area contributed by atoms with Gasteiger partial charge in [0.1, 0.15) is 21.2 Å². The van der Waals surface area contributed by atoms with Gasteiger partial charge in [0.05, 0.1) is 22.0 Å². The van der Waals surface area contributed by atoms with Crippen LogP contribution in [0, 0.1) is 6.92 Å². The van der Waals surface area contributed by atoms with E-state index in [0.717, 1.165) is 27.0 Å². The monoisotopic (exact) mass is 412 g/mol. The Labute approximate surface area is 162 Å². The van der Waals surface area contributed by atoms with Gasteiger partial charge in [-0.05, 0) is 31.5 Å². The maximum Gasteiger partial charge on any atom is 0.417 e. The lowest BCUT2D eigenvalue weighted by Crippen LogP contribution is -2.19. The summed E-state index contributed by atoms with van der Waals surface area (Å²) in [5, 5.41) is 3.56. The van der Waals surface area contributed by atoms with E-state index in [0.29, 0.717) is 23.7 Å². The van der Waals surface area contributed by atoms with Gasteiger partial charge >= 0.3 is 6.18 Å². The van der Waals surface area contributed by atoms with Crippen LogP contribution in [0.2, 0.25) is 5.02 Å². The molecule has 1 aliphatic rings. The first kappa shape index (κ1) is 18.2. The summed E-state index contributed by atoms with van der Waals surface area (Å²) in [4.78, 5) is 7.60. The summed E-state index contributed by atoms with van der Waals surface area (Å²) in [6.07, 6.45) is -0.621. The Balaban J connectivity index is 1.77. The minimum atomic E-state index is -4.50. The third-order valence-electron chi connectivity index (χ3n) is 4.52. The molecule has 4 rings (SSSR count). The van der Waals surface area contributed by atoms with Crippen molar-refractivity contribution in [2.45, 2.75) is 20.0 Å². The molecule has 0 amide bonds. The van der Waals surface area contributed by atoms with Crippen LogP contribution < -0.4 is 10.2 Å². The number of halogens is 4. The van der Waals surface area contributed by atoms with Crippen molar-refractivity contribution in [3.63, 3.8) is 0 Å². The van der Waals surface area contributed by atoms with Crippen molar-refractivity contribution in [3.05, 3.63) is 45.3 Å². The van der Waals surface area contributed by atoms with Crippen molar-refractivity contribution >= 4 is 50.7 Å². The molecule has 9 heteroatoms. The molecule has 27 heavy (non-hydrogen) atoms. The largest absolute Gasteiger partial charge is 0.417 e. The number of fused-ring (bicyclic) bond motifs is 2. The number of hydrogen-bond acceptors (Lipinski definition) is 4. The van der Waals surface area contributed by atoms with Crippen LogP contribution >= 0.6 is 22.9 Å². The molecule has 142 valence electrons. The molecule has 0 unspecified atom stereocenters. The predicted molar refractivity (Wildman–Crippen MR) is 104 cm³/mol. The van der Waals surface area contributed by atoms with Gasteiger partial charge in [0.15, 0.2) is 0 Å². The highest BCUT2D eigenvalue weighted by molar-refractivity contribution is 7.19. The molecule has 0 atom stereocenters. The van der Waals surface area contributed by atoms with E-state index in [1.165, 1.54) is 17.4 Å². The number of alkyl halides is 3. The number of hydrogen-bond donors (Lipinski definition) is 1. The minimum absolute atomic E-state index is 0.307. The Bertz CT molecular complexity index is 1050. The molecular weight excluding hydrogens is 397 g/mol. The van der Waals surface area contributed by atoms with E-state index >= 15 is 0 Å². The number of nitrogens with zero attached hydrogens (tertiary/aromatic N) is 3. The zero-order chi connectivity index (χ0) is 19.5. The van der Waals surface area contributed by atoms with Crippen LogP contribution in [0.4, 0.5) is 24.5 Å². The second-order valence-corrected chi connectivity index (χ2v) is 7.79. The molecule has 1 aliphatic heterocycles. The first-order chi connectivity index (χ1) is 12.7. The Morgan fingerprint density at radius 2 is 2.07 bits per heavy atom. The number of anilines is 2. The van der Waals surface area contributed by atoms with Crippen LogP contribution in [0.1, 0.15) is 23.1 Å². The highest BCUT2D eigenvalue weighted by atomic mass is 35.5. The van der Waals surface area contributed by atoms with Crippen LogP contribution in [0.5, 0.6) is 0 Å². The lowest BCUT2D eigenvalue weighted by atomic mass is 10.1. The molecular formula is C18H16ClF3N4S. The molecule has 1 N–H and O–H groups in total. The quantitative estimate of drug-likeness (QED) is 0.571. The van der Waals surface area contributed by atoms with Crippen molar-refractivity contribution in [3.8, 4) is 0 Å². The van der Waals surface area contributed by atoms with Gasteiger partial charge in [-0.25, -0.2) is 4.98 Å². The molecule has 3 aromatic rings. The molecule has 1 aromatic carbocycles. The van der Waals surface area contributed by atoms with E-state index in [9.17, 15) is 13.2 Å². The van der Waals surface area contributed by atoms with Gasteiger partial charge in [-0.2, -0.15) is 13.2 Å². The Kier molecular flexibility index (Phi) is 4.16. The summed E-state index contributed by atoms with van der Waals surface area (Å²) >= 11 is 7.43. The van der Waals surface area contributed by atoms with E-state index in [1.54, 1.807) is 0 Å². The van der Waals surface area contributed by atoms with Crippen molar-refractivity contribution < 1.29 is 13.2 Å². The van der Waals surface area contributed by atoms with Gasteiger partial charge < -0.3 is 14.8 Å². The van der Waals surface area contributed by atoms with E-state index in [-0.39, 0.29) is 5.02 Å². The lowest BCUT2D eigenvalue weighted by Gasteiger charge is -2.18. The highest BCUT2D eigenvalue weighted by Crippen LogP contribution is 2.45. The minimum Gasteiger partial charge on any atom is -0.341 e. The standard InChI is InChI=1S/C18H16ClF3N4S/c1-4-26-13-6-11(19)10(18(20,21)22)5-12(13)23-14(26)7-15-24-16-9(2)8-25(3)17(16)27-15/h5-8,23H,4H2,1-3H3/b14-7-. The topological polar surface area (TPSA) is 33.1 Å². The first-order valence-electron chi connectivity index (χ1n) is 8.28. The molecule has 2 aromatic heterocycles. The maximum atomic E-state index is 13.1. The second kappa shape index (κ2) is 6.17. The Morgan fingerprint density at radius 3 is 2.70 bits per heavy atom. The van der Waals surface area contributed by atoms with Crippen LogP contribution in [0.25, 0.3) is 16.4 Å². The number of nitrogens with one attached hydrogen (secondary N) is 1. The summed E-state index contributed by atoms with van der Waals surface area (Å²) in [5.74, 6) is 0.680. The van der Waals surface area contributed by atoms with Crippen LogP contribution in [-0.4, -0.2) is 16.1 Å². The van der Waals surface area contributed by atoms with Gasteiger partial charge in [-0.15, -0.1) is 0 Å². The Morgan fingerprint density at radius 1 is 1.33 bits per heavy atom. The first-order valence-corrected chi connectivity index (χ1v) is 9.48. The van der Waals surface area contributed by atoms with Gasteiger partial charge in [-0.3, -0.25) is 0 Å². The maximum absolute atomic E-state index is 13.1. The normalized spacial score (nSPS) is 15.7. The number of aromatic nitrogens is 2. The molecule has 0 bridgehead atoms. The average molecular weight is 413 g/mol. The van der Waals surface area contributed by atoms with Gasteiger partial charge in [0, 0.05) is 25.9 Å². The van der Waals surface area contributed by atoms with Crippen LogP contribution in [0.15, 0.2) is 24.2 Å². The molecule has 0 saturated heterocycles. The zero-order valence-corrected chi connectivity index (χ0v) is 16.4. The fourth-order valence-corrected chi connectivity index (χ4v) is 4.58. The van der Waals surface area contributed by atoms with Crippen LogP contribution in [0.3, 0.4) is 0 Å². The summed E-state index contributed by atoms with van der Waals surface area (Å²) in [6, 6.07) is 2.42. The number of aryl methyl sites for hydroxylation is 2. The third-order valence-corrected chi connectivity index (χ3v) is 5.92. The van der Waals surface area contributed by atoms with Gasteiger partial charge in [0.25, 0.3) is 0 Å². The fraction of sp³-hybridized carbons (Fsp3) is 0.278. The molecule has 0 saturated carbocycles. The number of thiazole rings is 1. The van der Waals surface area contributed by atoms with Crippen LogP contribution in [-0.2, 0) is 13.2 Å². The molecule has 4 nitrogen and oxygen atoms in total.